The first-order chi connectivity index (χ1) is 7.79. The zero-order chi connectivity index (χ0) is 11.4. The summed E-state index contributed by atoms with van der Waals surface area (Å²) >= 11 is 0. The van der Waals surface area contributed by atoms with E-state index in [0.717, 1.165) is 0 Å². The molecule has 0 unspecified atom stereocenters. The minimum absolute atomic E-state index is 0.0962. The van der Waals surface area contributed by atoms with Gasteiger partial charge in [-0.05, 0) is 24.3 Å². The van der Waals surface area contributed by atoms with Crippen LogP contribution in [0.4, 0.5) is 5.82 Å². The van der Waals surface area contributed by atoms with Gasteiger partial charge in [-0.25, -0.2) is 4.98 Å². The van der Waals surface area contributed by atoms with E-state index < -0.39 is 0 Å². The van der Waals surface area contributed by atoms with Crippen LogP contribution in [0.2, 0.25) is 0 Å². The SMILES string of the molecule is CN(C(=O)c1ccncc1)c1ccccn1. The van der Waals surface area contributed by atoms with Crippen LogP contribution < -0.4 is 4.90 Å². The molecule has 4 heteroatoms. The third-order valence-electron chi connectivity index (χ3n) is 2.22. The van der Waals surface area contributed by atoms with Crippen molar-refractivity contribution in [3.8, 4) is 0 Å². The quantitative estimate of drug-likeness (QED) is 0.763. The number of aromatic nitrogens is 2. The van der Waals surface area contributed by atoms with Crippen LogP contribution in [-0.4, -0.2) is 22.9 Å². The van der Waals surface area contributed by atoms with Crippen LogP contribution in [0.1, 0.15) is 10.4 Å². The summed E-state index contributed by atoms with van der Waals surface area (Å²) < 4.78 is 0. The Morgan fingerprint density at radius 1 is 1.12 bits per heavy atom. The van der Waals surface area contributed by atoms with E-state index >= 15 is 0 Å². The normalized spacial score (nSPS) is 9.81. The summed E-state index contributed by atoms with van der Waals surface area (Å²) in [6.45, 7) is 0. The van der Waals surface area contributed by atoms with Crippen LogP contribution in [0.5, 0.6) is 0 Å². The molecule has 0 atom stereocenters. The maximum atomic E-state index is 12.0. The molecule has 2 aromatic rings. The number of rotatable bonds is 2. The van der Waals surface area contributed by atoms with E-state index in [-0.39, 0.29) is 5.91 Å². The van der Waals surface area contributed by atoms with Gasteiger partial charge in [0, 0.05) is 31.2 Å². The van der Waals surface area contributed by atoms with E-state index in [1.54, 1.807) is 43.8 Å². The first-order valence-corrected chi connectivity index (χ1v) is 4.88. The molecule has 0 aliphatic carbocycles. The standard InChI is InChI=1S/C12H11N3O/c1-15(11-4-2-3-7-14-11)12(16)10-5-8-13-9-6-10/h2-9H,1H3. The average Bonchev–Trinajstić information content (AvgIpc) is 2.39. The number of carbonyl (C=O) groups is 1. The summed E-state index contributed by atoms with van der Waals surface area (Å²) in [6, 6.07) is 8.82. The van der Waals surface area contributed by atoms with Gasteiger partial charge in [-0.2, -0.15) is 0 Å². The summed E-state index contributed by atoms with van der Waals surface area (Å²) in [5, 5.41) is 0. The molecule has 0 radical (unpaired) electrons. The van der Waals surface area contributed by atoms with Crippen molar-refractivity contribution in [1.29, 1.82) is 0 Å². The van der Waals surface area contributed by atoms with E-state index in [2.05, 4.69) is 9.97 Å². The first-order valence-electron chi connectivity index (χ1n) is 4.88. The van der Waals surface area contributed by atoms with Crippen LogP contribution in [0.25, 0.3) is 0 Å². The van der Waals surface area contributed by atoms with Crippen molar-refractivity contribution in [3.63, 3.8) is 0 Å². The predicted molar refractivity (Wildman–Crippen MR) is 61.2 cm³/mol. The molecular formula is C12H11N3O. The van der Waals surface area contributed by atoms with Gasteiger partial charge in [0.1, 0.15) is 5.82 Å². The van der Waals surface area contributed by atoms with Gasteiger partial charge in [0.15, 0.2) is 0 Å². The van der Waals surface area contributed by atoms with Gasteiger partial charge in [0.25, 0.3) is 5.91 Å². The van der Waals surface area contributed by atoms with Crippen LogP contribution in [0.15, 0.2) is 48.9 Å². The second kappa shape index (κ2) is 4.53. The Morgan fingerprint density at radius 3 is 2.50 bits per heavy atom. The maximum Gasteiger partial charge on any atom is 0.259 e. The van der Waals surface area contributed by atoms with Gasteiger partial charge in [-0.15, -0.1) is 0 Å². The highest BCUT2D eigenvalue weighted by molar-refractivity contribution is 6.05. The minimum atomic E-state index is -0.0962. The Bertz CT molecular complexity index is 470. The van der Waals surface area contributed by atoms with E-state index in [4.69, 9.17) is 0 Å². The minimum Gasteiger partial charge on any atom is -0.296 e. The molecule has 0 bridgehead atoms. The average molecular weight is 213 g/mol. The fourth-order valence-corrected chi connectivity index (χ4v) is 1.34. The smallest absolute Gasteiger partial charge is 0.259 e. The van der Waals surface area contributed by atoms with Crippen LogP contribution >= 0.6 is 0 Å². The van der Waals surface area contributed by atoms with E-state index in [1.165, 1.54) is 4.90 Å². The van der Waals surface area contributed by atoms with Crippen molar-refractivity contribution in [2.24, 2.45) is 0 Å². The molecule has 16 heavy (non-hydrogen) atoms. The number of carbonyl (C=O) groups excluding carboxylic acids is 1. The lowest BCUT2D eigenvalue weighted by Crippen LogP contribution is -2.26. The summed E-state index contributed by atoms with van der Waals surface area (Å²) in [6.07, 6.45) is 4.85. The highest BCUT2D eigenvalue weighted by Crippen LogP contribution is 2.10. The van der Waals surface area contributed by atoms with Gasteiger partial charge in [-0.1, -0.05) is 6.07 Å². The summed E-state index contributed by atoms with van der Waals surface area (Å²) in [7, 11) is 1.70. The fourth-order valence-electron chi connectivity index (χ4n) is 1.34. The van der Waals surface area contributed by atoms with Crippen molar-refractivity contribution in [2.45, 2.75) is 0 Å². The summed E-state index contributed by atoms with van der Waals surface area (Å²) in [5.74, 6) is 0.533. The van der Waals surface area contributed by atoms with Gasteiger partial charge >= 0.3 is 0 Å². The fraction of sp³-hybridized carbons (Fsp3) is 0.0833. The number of hydrogen-bond donors (Lipinski definition) is 0. The molecule has 0 N–H and O–H groups in total. The summed E-state index contributed by atoms with van der Waals surface area (Å²) in [5.41, 5.74) is 0.600. The Kier molecular flexibility index (Phi) is 2.91. The molecule has 0 saturated carbocycles. The lowest BCUT2D eigenvalue weighted by molar-refractivity contribution is 0.0992. The van der Waals surface area contributed by atoms with Gasteiger partial charge in [0.05, 0.1) is 0 Å². The summed E-state index contributed by atoms with van der Waals surface area (Å²) in [4.78, 5) is 21.5. The molecular weight excluding hydrogens is 202 g/mol. The largest absolute Gasteiger partial charge is 0.296 e. The highest BCUT2D eigenvalue weighted by Gasteiger charge is 2.13. The third-order valence-corrected chi connectivity index (χ3v) is 2.22. The van der Waals surface area contributed by atoms with Crippen molar-refractivity contribution >= 4 is 11.7 Å². The van der Waals surface area contributed by atoms with Crippen LogP contribution in [0.3, 0.4) is 0 Å². The van der Waals surface area contributed by atoms with E-state index in [0.29, 0.717) is 11.4 Å². The Hall–Kier alpha value is -2.23. The molecule has 0 spiro atoms. The van der Waals surface area contributed by atoms with Gasteiger partial charge < -0.3 is 0 Å². The zero-order valence-electron chi connectivity index (χ0n) is 8.87. The number of nitrogens with zero attached hydrogens (tertiary/aromatic N) is 3. The number of anilines is 1. The molecule has 1 amide bonds. The Labute approximate surface area is 93.6 Å². The second-order valence-electron chi connectivity index (χ2n) is 3.29. The molecule has 0 fully saturated rings. The molecule has 0 aliphatic rings. The molecule has 0 aliphatic heterocycles. The Balaban J connectivity index is 2.24. The van der Waals surface area contributed by atoms with Crippen molar-refractivity contribution in [1.82, 2.24) is 9.97 Å². The molecule has 2 aromatic heterocycles. The van der Waals surface area contributed by atoms with Crippen LogP contribution in [0, 0.1) is 0 Å². The molecule has 80 valence electrons. The lowest BCUT2D eigenvalue weighted by atomic mass is 10.2. The maximum absolute atomic E-state index is 12.0. The molecule has 0 aromatic carbocycles. The van der Waals surface area contributed by atoms with E-state index in [1.807, 2.05) is 12.1 Å². The highest BCUT2D eigenvalue weighted by atomic mass is 16.2. The molecule has 0 saturated heterocycles. The Morgan fingerprint density at radius 2 is 1.88 bits per heavy atom. The molecule has 4 nitrogen and oxygen atoms in total. The van der Waals surface area contributed by atoms with Crippen molar-refractivity contribution in [2.75, 3.05) is 11.9 Å². The van der Waals surface area contributed by atoms with Crippen molar-refractivity contribution < 1.29 is 4.79 Å². The van der Waals surface area contributed by atoms with E-state index in [9.17, 15) is 4.79 Å². The number of hydrogen-bond acceptors (Lipinski definition) is 3. The second-order valence-corrected chi connectivity index (χ2v) is 3.29. The predicted octanol–water partition coefficient (Wildman–Crippen LogP) is 1.75. The molecule has 2 heterocycles. The topological polar surface area (TPSA) is 46.1 Å². The molecule has 2 rings (SSSR count). The lowest BCUT2D eigenvalue weighted by Gasteiger charge is -2.15. The third kappa shape index (κ3) is 2.06. The van der Waals surface area contributed by atoms with Gasteiger partial charge in [0.2, 0.25) is 0 Å². The van der Waals surface area contributed by atoms with Crippen LogP contribution in [-0.2, 0) is 0 Å². The first kappa shape index (κ1) is 10.3. The monoisotopic (exact) mass is 213 g/mol. The van der Waals surface area contributed by atoms with Gasteiger partial charge in [-0.3, -0.25) is 14.7 Å². The van der Waals surface area contributed by atoms with Crippen molar-refractivity contribution in [3.05, 3.63) is 54.5 Å². The number of amides is 1. The number of pyridine rings is 2. The zero-order valence-corrected chi connectivity index (χ0v) is 8.87.